The Bertz CT molecular complexity index is 505. The van der Waals surface area contributed by atoms with E-state index in [4.69, 9.17) is 0 Å². The summed E-state index contributed by atoms with van der Waals surface area (Å²) < 4.78 is 1.75. The maximum Gasteiger partial charge on any atom is 0.225 e. The zero-order valence-corrected chi connectivity index (χ0v) is 9.74. The van der Waals surface area contributed by atoms with Crippen molar-refractivity contribution >= 4 is 12.2 Å². The third-order valence-corrected chi connectivity index (χ3v) is 2.31. The van der Waals surface area contributed by atoms with Gasteiger partial charge in [0.25, 0.3) is 0 Å². The van der Waals surface area contributed by atoms with Crippen molar-refractivity contribution in [1.82, 2.24) is 19.7 Å². The molecule has 6 heteroatoms. The Morgan fingerprint density at radius 2 is 2.06 bits per heavy atom. The molecule has 0 aliphatic rings. The minimum atomic E-state index is 0.475. The highest BCUT2D eigenvalue weighted by atomic mass is 16.1. The third kappa shape index (κ3) is 2.66. The summed E-state index contributed by atoms with van der Waals surface area (Å²) in [6.45, 7) is 0.675. The van der Waals surface area contributed by atoms with Crippen molar-refractivity contribution in [3.8, 4) is 0 Å². The lowest BCUT2D eigenvalue weighted by molar-refractivity contribution is 0.112. The van der Waals surface area contributed by atoms with E-state index in [2.05, 4.69) is 15.1 Å². The van der Waals surface area contributed by atoms with Crippen LogP contribution in [0, 0.1) is 0 Å². The van der Waals surface area contributed by atoms with E-state index in [0.717, 1.165) is 11.8 Å². The summed E-state index contributed by atoms with van der Waals surface area (Å²) in [5.41, 5.74) is 1.56. The Balaban J connectivity index is 2.08. The summed E-state index contributed by atoms with van der Waals surface area (Å²) in [5.74, 6) is 0.583. The molecule has 2 aromatic rings. The number of aryl methyl sites for hydroxylation is 1. The molecule has 2 rings (SSSR count). The van der Waals surface area contributed by atoms with E-state index in [1.54, 1.807) is 10.9 Å². The SMILES string of the molecule is CN(Cc1cnn(C)c1)c1ncc(C=O)cn1. The number of aldehydes is 1. The molecule has 0 saturated carbocycles. The molecule has 0 aliphatic carbocycles. The summed E-state index contributed by atoms with van der Waals surface area (Å²) in [4.78, 5) is 20.6. The van der Waals surface area contributed by atoms with E-state index in [-0.39, 0.29) is 0 Å². The fraction of sp³-hybridized carbons (Fsp3) is 0.273. The second-order valence-electron chi connectivity index (χ2n) is 3.81. The van der Waals surface area contributed by atoms with Crippen LogP contribution in [-0.4, -0.2) is 33.1 Å². The number of rotatable bonds is 4. The fourth-order valence-electron chi connectivity index (χ4n) is 1.49. The molecule has 0 aromatic carbocycles. The van der Waals surface area contributed by atoms with Gasteiger partial charge >= 0.3 is 0 Å². The molecule has 0 N–H and O–H groups in total. The van der Waals surface area contributed by atoms with Crippen molar-refractivity contribution in [2.24, 2.45) is 7.05 Å². The normalized spacial score (nSPS) is 10.2. The minimum Gasteiger partial charge on any atom is -0.339 e. The molecular weight excluding hydrogens is 218 g/mol. The molecule has 0 amide bonds. The van der Waals surface area contributed by atoms with E-state index in [1.807, 2.05) is 25.2 Å². The van der Waals surface area contributed by atoms with Gasteiger partial charge in [0, 0.05) is 44.8 Å². The predicted octanol–water partition coefficient (Wildman–Crippen LogP) is 0.659. The second-order valence-corrected chi connectivity index (χ2v) is 3.81. The van der Waals surface area contributed by atoms with E-state index in [1.165, 1.54) is 12.4 Å². The van der Waals surface area contributed by atoms with Crippen LogP contribution in [0.3, 0.4) is 0 Å². The van der Waals surface area contributed by atoms with Gasteiger partial charge in [-0.25, -0.2) is 9.97 Å². The summed E-state index contributed by atoms with van der Waals surface area (Å²) in [7, 11) is 3.77. The highest BCUT2D eigenvalue weighted by molar-refractivity contribution is 5.73. The van der Waals surface area contributed by atoms with Crippen LogP contribution in [0.25, 0.3) is 0 Å². The van der Waals surface area contributed by atoms with Crippen LogP contribution in [-0.2, 0) is 13.6 Å². The van der Waals surface area contributed by atoms with Gasteiger partial charge in [0.1, 0.15) is 0 Å². The van der Waals surface area contributed by atoms with Crippen LogP contribution in [0.2, 0.25) is 0 Å². The van der Waals surface area contributed by atoms with Crippen molar-refractivity contribution in [3.05, 3.63) is 35.9 Å². The first-order valence-corrected chi connectivity index (χ1v) is 5.15. The van der Waals surface area contributed by atoms with Crippen LogP contribution in [0.4, 0.5) is 5.95 Å². The first-order valence-electron chi connectivity index (χ1n) is 5.15. The fourth-order valence-corrected chi connectivity index (χ4v) is 1.49. The maximum absolute atomic E-state index is 10.5. The largest absolute Gasteiger partial charge is 0.339 e. The van der Waals surface area contributed by atoms with Gasteiger partial charge in [-0.1, -0.05) is 0 Å². The molecule has 0 fully saturated rings. The Morgan fingerprint density at radius 1 is 1.35 bits per heavy atom. The topological polar surface area (TPSA) is 63.9 Å². The number of carbonyl (C=O) groups excluding carboxylic acids is 1. The minimum absolute atomic E-state index is 0.475. The highest BCUT2D eigenvalue weighted by Crippen LogP contribution is 2.08. The first-order chi connectivity index (χ1) is 8.19. The van der Waals surface area contributed by atoms with Crippen LogP contribution in [0.15, 0.2) is 24.8 Å². The van der Waals surface area contributed by atoms with Gasteiger partial charge in [-0.2, -0.15) is 5.10 Å². The predicted molar refractivity (Wildman–Crippen MR) is 62.7 cm³/mol. The molecular formula is C11H13N5O. The molecule has 17 heavy (non-hydrogen) atoms. The number of anilines is 1. The van der Waals surface area contributed by atoms with Crippen molar-refractivity contribution < 1.29 is 4.79 Å². The number of nitrogens with zero attached hydrogens (tertiary/aromatic N) is 5. The molecule has 0 radical (unpaired) electrons. The van der Waals surface area contributed by atoms with Crippen LogP contribution >= 0.6 is 0 Å². The molecule has 0 aliphatic heterocycles. The first kappa shape index (κ1) is 11.3. The molecule has 0 spiro atoms. The molecule has 2 heterocycles. The van der Waals surface area contributed by atoms with Crippen molar-refractivity contribution in [2.75, 3.05) is 11.9 Å². The highest BCUT2D eigenvalue weighted by Gasteiger charge is 2.06. The standard InChI is InChI=1S/C11H13N5O/c1-15(6-10-5-14-16(2)7-10)11-12-3-9(8-17)4-13-11/h3-5,7-8H,6H2,1-2H3. The van der Waals surface area contributed by atoms with Crippen LogP contribution < -0.4 is 4.90 Å². The van der Waals surface area contributed by atoms with Gasteiger partial charge in [0.15, 0.2) is 6.29 Å². The molecule has 0 saturated heterocycles. The molecule has 0 unspecified atom stereocenters. The number of hydrogen-bond donors (Lipinski definition) is 0. The van der Waals surface area contributed by atoms with Gasteiger partial charge in [-0.15, -0.1) is 0 Å². The van der Waals surface area contributed by atoms with Crippen LogP contribution in [0.1, 0.15) is 15.9 Å². The van der Waals surface area contributed by atoms with E-state index >= 15 is 0 Å². The van der Waals surface area contributed by atoms with Crippen molar-refractivity contribution in [2.45, 2.75) is 6.54 Å². The van der Waals surface area contributed by atoms with Gasteiger partial charge in [-0.3, -0.25) is 9.48 Å². The Hall–Kier alpha value is -2.24. The van der Waals surface area contributed by atoms with Gasteiger partial charge in [-0.05, 0) is 0 Å². The molecule has 6 nitrogen and oxygen atoms in total. The summed E-state index contributed by atoms with van der Waals surface area (Å²) in [6.07, 6.45) is 7.49. The number of hydrogen-bond acceptors (Lipinski definition) is 5. The quantitative estimate of drug-likeness (QED) is 0.723. The zero-order chi connectivity index (χ0) is 12.3. The lowest BCUT2D eigenvalue weighted by atomic mass is 10.3. The summed E-state index contributed by atoms with van der Waals surface area (Å²) in [6, 6.07) is 0. The van der Waals surface area contributed by atoms with Gasteiger partial charge < -0.3 is 4.90 Å². The van der Waals surface area contributed by atoms with Crippen molar-refractivity contribution in [1.29, 1.82) is 0 Å². The summed E-state index contributed by atoms with van der Waals surface area (Å²) in [5, 5.41) is 4.09. The number of carbonyl (C=O) groups is 1. The average molecular weight is 231 g/mol. The lowest BCUT2D eigenvalue weighted by Gasteiger charge is -2.15. The number of aromatic nitrogens is 4. The average Bonchev–Trinajstić information content (AvgIpc) is 2.75. The monoisotopic (exact) mass is 231 g/mol. The smallest absolute Gasteiger partial charge is 0.225 e. The molecule has 2 aromatic heterocycles. The Morgan fingerprint density at radius 3 is 2.59 bits per heavy atom. The second kappa shape index (κ2) is 4.73. The van der Waals surface area contributed by atoms with E-state index < -0.39 is 0 Å². The maximum atomic E-state index is 10.5. The van der Waals surface area contributed by atoms with E-state index in [9.17, 15) is 4.79 Å². The zero-order valence-electron chi connectivity index (χ0n) is 9.74. The Kier molecular flexibility index (Phi) is 3.13. The lowest BCUT2D eigenvalue weighted by Crippen LogP contribution is -2.18. The van der Waals surface area contributed by atoms with Gasteiger partial charge in [0.05, 0.1) is 11.8 Å². The molecule has 0 atom stereocenters. The third-order valence-electron chi connectivity index (χ3n) is 2.31. The Labute approximate surface area is 98.9 Å². The molecule has 88 valence electrons. The van der Waals surface area contributed by atoms with Gasteiger partial charge in [0.2, 0.25) is 5.95 Å². The van der Waals surface area contributed by atoms with Crippen molar-refractivity contribution in [3.63, 3.8) is 0 Å². The summed E-state index contributed by atoms with van der Waals surface area (Å²) >= 11 is 0. The van der Waals surface area contributed by atoms with E-state index in [0.29, 0.717) is 18.1 Å². The van der Waals surface area contributed by atoms with Crippen LogP contribution in [0.5, 0.6) is 0 Å². The molecule has 0 bridgehead atoms.